The van der Waals surface area contributed by atoms with Gasteiger partial charge >= 0.3 is 39.2 Å². The third-order valence-corrected chi connectivity index (χ3v) is 2.20. The van der Waals surface area contributed by atoms with Gasteiger partial charge in [0.05, 0.1) is 11.1 Å². The second-order valence-electron chi connectivity index (χ2n) is 3.66. The van der Waals surface area contributed by atoms with Crippen LogP contribution in [0.1, 0.15) is 20.7 Å². The molecule has 2 aromatic rings. The van der Waals surface area contributed by atoms with Crippen LogP contribution in [0.4, 0.5) is 0 Å². The van der Waals surface area contributed by atoms with Crippen molar-refractivity contribution in [1.82, 2.24) is 0 Å². The van der Waals surface area contributed by atoms with Gasteiger partial charge in [0, 0.05) is 0 Å². The van der Waals surface area contributed by atoms with E-state index < -0.39 is 11.9 Å². The molecule has 0 spiro atoms. The Kier molecular flexibility index (Phi) is 8.06. The Hall–Kier alpha value is -2.10. The van der Waals surface area contributed by atoms with Crippen molar-refractivity contribution < 1.29 is 30.0 Å². The Morgan fingerprint density at radius 2 is 0.905 bits per heavy atom. The van der Waals surface area contributed by atoms with Crippen LogP contribution >= 0.6 is 0 Å². The summed E-state index contributed by atoms with van der Waals surface area (Å²) in [7, 11) is 0. The second-order valence-corrected chi connectivity index (χ2v) is 3.66. The molecule has 0 aliphatic carbocycles. The maximum absolute atomic E-state index is 10.5. The van der Waals surface area contributed by atoms with E-state index in [-0.39, 0.29) is 49.9 Å². The molecule has 2 rings (SSSR count). The summed E-state index contributed by atoms with van der Waals surface area (Å²) in [5.41, 5.74) is 0.277. The molecular formula is C14H10O6Pb. The van der Waals surface area contributed by atoms with E-state index in [9.17, 15) is 19.8 Å². The van der Waals surface area contributed by atoms with Crippen LogP contribution in [0.3, 0.4) is 0 Å². The van der Waals surface area contributed by atoms with Crippen molar-refractivity contribution in [2.24, 2.45) is 0 Å². The fourth-order valence-electron chi connectivity index (χ4n) is 1.20. The standard InChI is InChI=1S/2C7H6O3.Pb/c2*8-6-3-1-5(2-4-6)7(9)10;/h2*1-4,8H,(H,9,10);/q;;+2/p-2. The van der Waals surface area contributed by atoms with Crippen molar-refractivity contribution >= 4 is 39.2 Å². The van der Waals surface area contributed by atoms with Crippen molar-refractivity contribution in [2.45, 2.75) is 0 Å². The molecular weight excluding hydrogens is 471 g/mol. The van der Waals surface area contributed by atoms with E-state index in [1.165, 1.54) is 48.5 Å². The number of aromatic carboxylic acids is 2. The van der Waals surface area contributed by atoms with Crippen LogP contribution in [0.2, 0.25) is 0 Å². The Balaban J connectivity index is 0.000000364. The Morgan fingerprint density at radius 1 is 0.667 bits per heavy atom. The fourth-order valence-corrected chi connectivity index (χ4v) is 1.20. The number of hydrogen-bond donors (Lipinski definition) is 2. The molecule has 7 heteroatoms. The predicted molar refractivity (Wildman–Crippen MR) is 71.4 cm³/mol. The van der Waals surface area contributed by atoms with Gasteiger partial charge in [-0.05, 0) is 24.3 Å². The van der Waals surface area contributed by atoms with Gasteiger partial charge in [0.25, 0.3) is 0 Å². The Bertz CT molecular complexity index is 536. The fraction of sp³-hybridized carbons (Fsp3) is 0. The van der Waals surface area contributed by atoms with E-state index in [0.29, 0.717) is 0 Å². The van der Waals surface area contributed by atoms with Gasteiger partial charge in [-0.3, -0.25) is 0 Å². The van der Waals surface area contributed by atoms with Crippen LogP contribution in [0.15, 0.2) is 48.5 Å². The number of benzene rings is 2. The number of carboxylic acids is 2. The Morgan fingerprint density at radius 3 is 1.10 bits per heavy atom. The SMILES string of the molecule is O=C(O)c1ccc([O-])cc1.O=C(O)c1ccc([O-])cc1.[Pb+2]. The minimum Gasteiger partial charge on any atom is -0.872 e. The summed E-state index contributed by atoms with van der Waals surface area (Å²) in [6.45, 7) is 0. The van der Waals surface area contributed by atoms with Crippen LogP contribution in [0.5, 0.6) is 11.5 Å². The molecule has 0 aromatic heterocycles. The van der Waals surface area contributed by atoms with Gasteiger partial charge in [-0.2, -0.15) is 0 Å². The monoisotopic (exact) mass is 482 g/mol. The van der Waals surface area contributed by atoms with Crippen molar-refractivity contribution in [2.75, 3.05) is 0 Å². The summed E-state index contributed by atoms with van der Waals surface area (Å²) in [4.78, 5) is 20.4. The number of hydrogen-bond acceptors (Lipinski definition) is 4. The van der Waals surface area contributed by atoms with Crippen LogP contribution in [-0.4, -0.2) is 49.5 Å². The molecule has 0 saturated carbocycles. The molecule has 21 heavy (non-hydrogen) atoms. The zero-order valence-electron chi connectivity index (χ0n) is 10.6. The van der Waals surface area contributed by atoms with Gasteiger partial charge in [-0.15, -0.1) is 11.5 Å². The topological polar surface area (TPSA) is 121 Å². The van der Waals surface area contributed by atoms with Crippen molar-refractivity contribution in [3.05, 3.63) is 59.7 Å². The molecule has 6 nitrogen and oxygen atoms in total. The number of rotatable bonds is 2. The van der Waals surface area contributed by atoms with Gasteiger partial charge in [0.1, 0.15) is 0 Å². The van der Waals surface area contributed by atoms with Gasteiger partial charge in [0.2, 0.25) is 0 Å². The van der Waals surface area contributed by atoms with Gasteiger partial charge in [-0.25, -0.2) is 9.59 Å². The van der Waals surface area contributed by atoms with Crippen LogP contribution in [0, 0.1) is 0 Å². The van der Waals surface area contributed by atoms with E-state index in [2.05, 4.69) is 0 Å². The number of carbonyl (C=O) groups is 2. The first-order chi connectivity index (χ1) is 9.40. The maximum atomic E-state index is 10.5. The molecule has 0 fully saturated rings. The molecule has 0 unspecified atom stereocenters. The molecule has 2 radical (unpaired) electrons. The zero-order chi connectivity index (χ0) is 15.1. The van der Waals surface area contributed by atoms with E-state index in [1.54, 1.807) is 0 Å². The molecule has 0 bridgehead atoms. The van der Waals surface area contributed by atoms with E-state index in [0.717, 1.165) is 0 Å². The molecule has 0 aliphatic heterocycles. The normalized spacial score (nSPS) is 8.76. The van der Waals surface area contributed by atoms with Crippen LogP contribution in [-0.2, 0) is 0 Å². The third kappa shape index (κ3) is 6.75. The van der Waals surface area contributed by atoms with Gasteiger partial charge < -0.3 is 20.4 Å². The Labute approximate surface area is 140 Å². The predicted octanol–water partition coefficient (Wildman–Crippen LogP) is 0.536. The molecule has 2 N–H and O–H groups in total. The van der Waals surface area contributed by atoms with Crippen molar-refractivity contribution in [3.63, 3.8) is 0 Å². The number of carboxylic acid groups (broad SMARTS) is 2. The van der Waals surface area contributed by atoms with Crippen molar-refractivity contribution in [3.8, 4) is 11.5 Å². The second kappa shape index (κ2) is 8.95. The molecule has 0 saturated heterocycles. The quantitative estimate of drug-likeness (QED) is 0.604. The van der Waals surface area contributed by atoms with Crippen LogP contribution in [0.25, 0.3) is 0 Å². The largest absolute Gasteiger partial charge is 2.00 e. The minimum atomic E-state index is -1.01. The van der Waals surface area contributed by atoms with E-state index in [4.69, 9.17) is 10.2 Å². The summed E-state index contributed by atoms with van der Waals surface area (Å²) < 4.78 is 0. The minimum absolute atomic E-state index is 0. The average molecular weight is 481 g/mol. The summed E-state index contributed by atoms with van der Waals surface area (Å²) in [6.07, 6.45) is 0. The molecule has 0 aliphatic rings. The first kappa shape index (κ1) is 18.9. The molecule has 0 atom stereocenters. The first-order valence-corrected chi connectivity index (χ1v) is 5.41. The molecule has 0 amide bonds. The maximum Gasteiger partial charge on any atom is 2.00 e. The summed E-state index contributed by atoms with van der Waals surface area (Å²) >= 11 is 0. The van der Waals surface area contributed by atoms with Gasteiger partial charge in [0.15, 0.2) is 0 Å². The summed E-state index contributed by atoms with van der Waals surface area (Å²) in [6, 6.07) is 10.0. The third-order valence-electron chi connectivity index (χ3n) is 2.20. The van der Waals surface area contributed by atoms with E-state index in [1.807, 2.05) is 0 Å². The summed E-state index contributed by atoms with van der Waals surface area (Å²) in [5, 5.41) is 37.6. The average Bonchev–Trinajstić information content (AvgIpc) is 2.40. The summed E-state index contributed by atoms with van der Waals surface area (Å²) in [5.74, 6) is -2.38. The van der Waals surface area contributed by atoms with Gasteiger partial charge in [-0.1, -0.05) is 24.3 Å². The van der Waals surface area contributed by atoms with Crippen molar-refractivity contribution in [1.29, 1.82) is 0 Å². The smallest absolute Gasteiger partial charge is 0.872 e. The van der Waals surface area contributed by atoms with E-state index >= 15 is 0 Å². The molecule has 2 aromatic carbocycles. The first-order valence-electron chi connectivity index (χ1n) is 5.41. The zero-order valence-corrected chi connectivity index (χ0v) is 14.5. The van der Waals surface area contributed by atoms with Crippen LogP contribution < -0.4 is 10.2 Å². The molecule has 0 heterocycles. The molecule has 106 valence electrons.